The average Bonchev–Trinajstić information content (AvgIpc) is 2.68. The number of carbonyl (C=O) groups excluding carboxylic acids is 1. The topological polar surface area (TPSA) is 69.7 Å². The Bertz CT molecular complexity index is 999. The molecular formula is C22H28ClN3O3S. The van der Waals surface area contributed by atoms with Crippen molar-refractivity contribution in [1.82, 2.24) is 4.90 Å². The van der Waals surface area contributed by atoms with Gasteiger partial charge in [-0.05, 0) is 43.2 Å². The van der Waals surface area contributed by atoms with Gasteiger partial charge in [0.05, 0.1) is 16.3 Å². The molecule has 1 heterocycles. The highest BCUT2D eigenvalue weighted by atomic mass is 35.5. The highest BCUT2D eigenvalue weighted by Crippen LogP contribution is 2.32. The normalized spacial score (nSPS) is 14.8. The van der Waals surface area contributed by atoms with E-state index >= 15 is 0 Å². The number of carbonyl (C=O) groups is 1. The highest BCUT2D eigenvalue weighted by Gasteiger charge is 2.24. The number of halogens is 1. The molecule has 30 heavy (non-hydrogen) atoms. The number of benzene rings is 2. The molecular weight excluding hydrogens is 422 g/mol. The van der Waals surface area contributed by atoms with Crippen LogP contribution in [-0.2, 0) is 14.8 Å². The van der Waals surface area contributed by atoms with Crippen molar-refractivity contribution in [2.45, 2.75) is 32.1 Å². The van der Waals surface area contributed by atoms with Crippen molar-refractivity contribution >= 4 is 38.9 Å². The van der Waals surface area contributed by atoms with Gasteiger partial charge < -0.3 is 9.80 Å². The molecule has 1 amide bonds. The summed E-state index contributed by atoms with van der Waals surface area (Å²) in [6, 6.07) is 11.9. The lowest BCUT2D eigenvalue weighted by Crippen LogP contribution is -2.49. The predicted molar refractivity (Wildman–Crippen MR) is 122 cm³/mol. The Morgan fingerprint density at radius 3 is 2.30 bits per heavy atom. The Hall–Kier alpha value is -2.25. The molecule has 0 bridgehead atoms. The summed E-state index contributed by atoms with van der Waals surface area (Å²) in [4.78, 5) is 16.5. The predicted octanol–water partition coefficient (Wildman–Crippen LogP) is 4.14. The third-order valence-corrected chi connectivity index (χ3v) is 6.71. The van der Waals surface area contributed by atoms with E-state index in [0.717, 1.165) is 11.3 Å². The number of rotatable bonds is 6. The summed E-state index contributed by atoms with van der Waals surface area (Å²) in [7, 11) is -3.75. The SMILES string of the molecule is Cc1ccc(S(=O)(=O)Nc2cc(Cl)ccc2N2CCN(C(=O)CC(C)C)CC2)cc1. The third-order valence-electron chi connectivity index (χ3n) is 5.09. The molecule has 8 heteroatoms. The molecule has 2 aromatic rings. The molecule has 1 saturated heterocycles. The van der Waals surface area contributed by atoms with Crippen LogP contribution >= 0.6 is 11.6 Å². The molecule has 0 aliphatic carbocycles. The van der Waals surface area contributed by atoms with E-state index in [0.29, 0.717) is 49.2 Å². The van der Waals surface area contributed by atoms with Crippen LogP contribution in [0.25, 0.3) is 0 Å². The Labute approximate surface area is 183 Å². The summed E-state index contributed by atoms with van der Waals surface area (Å²) in [5.74, 6) is 0.496. The second kappa shape index (κ2) is 9.27. The van der Waals surface area contributed by atoms with Crippen molar-refractivity contribution in [1.29, 1.82) is 0 Å². The van der Waals surface area contributed by atoms with Gasteiger partial charge in [-0.15, -0.1) is 0 Å². The van der Waals surface area contributed by atoms with Gasteiger partial charge >= 0.3 is 0 Å². The number of piperazine rings is 1. The van der Waals surface area contributed by atoms with E-state index in [1.54, 1.807) is 36.4 Å². The number of sulfonamides is 1. The fourth-order valence-corrected chi connectivity index (χ4v) is 4.70. The molecule has 1 fully saturated rings. The smallest absolute Gasteiger partial charge is 0.261 e. The molecule has 6 nitrogen and oxygen atoms in total. The lowest BCUT2D eigenvalue weighted by molar-refractivity contribution is -0.132. The van der Waals surface area contributed by atoms with E-state index in [9.17, 15) is 13.2 Å². The number of hydrogen-bond donors (Lipinski definition) is 1. The number of aryl methyl sites for hydroxylation is 1. The Balaban J connectivity index is 1.78. The summed E-state index contributed by atoms with van der Waals surface area (Å²) in [6.45, 7) is 8.46. The zero-order valence-corrected chi connectivity index (χ0v) is 19.1. The number of nitrogens with one attached hydrogen (secondary N) is 1. The van der Waals surface area contributed by atoms with Gasteiger partial charge in [-0.2, -0.15) is 0 Å². The number of hydrogen-bond acceptors (Lipinski definition) is 4. The average molecular weight is 450 g/mol. The van der Waals surface area contributed by atoms with Crippen LogP contribution in [0.3, 0.4) is 0 Å². The summed E-state index contributed by atoms with van der Waals surface area (Å²) in [5, 5.41) is 0.450. The highest BCUT2D eigenvalue weighted by molar-refractivity contribution is 7.92. The van der Waals surface area contributed by atoms with Crippen molar-refractivity contribution in [2.24, 2.45) is 5.92 Å². The van der Waals surface area contributed by atoms with E-state index in [4.69, 9.17) is 11.6 Å². The molecule has 2 aromatic carbocycles. The molecule has 0 atom stereocenters. The quantitative estimate of drug-likeness (QED) is 0.719. The van der Waals surface area contributed by atoms with Crippen molar-refractivity contribution in [3.63, 3.8) is 0 Å². The summed E-state index contributed by atoms with van der Waals surface area (Å²) in [5.41, 5.74) is 2.18. The van der Waals surface area contributed by atoms with E-state index in [-0.39, 0.29) is 10.8 Å². The fourth-order valence-electron chi connectivity index (χ4n) is 3.46. The van der Waals surface area contributed by atoms with Gasteiger partial charge in [0, 0.05) is 37.6 Å². The summed E-state index contributed by atoms with van der Waals surface area (Å²) < 4.78 is 28.4. The second-order valence-electron chi connectivity index (χ2n) is 8.05. The van der Waals surface area contributed by atoms with Crippen molar-refractivity contribution in [3.8, 4) is 0 Å². The van der Waals surface area contributed by atoms with Crippen molar-refractivity contribution in [2.75, 3.05) is 35.8 Å². The Kier molecular flexibility index (Phi) is 6.93. The van der Waals surface area contributed by atoms with Gasteiger partial charge in [-0.3, -0.25) is 9.52 Å². The molecule has 162 valence electrons. The Morgan fingerprint density at radius 1 is 1.07 bits per heavy atom. The van der Waals surface area contributed by atoms with E-state index in [1.165, 1.54) is 0 Å². The minimum Gasteiger partial charge on any atom is -0.366 e. The van der Waals surface area contributed by atoms with Gasteiger partial charge in [-0.1, -0.05) is 43.1 Å². The number of nitrogens with zero attached hydrogens (tertiary/aromatic N) is 2. The molecule has 0 unspecified atom stereocenters. The van der Waals surface area contributed by atoms with Crippen LogP contribution in [0.15, 0.2) is 47.4 Å². The molecule has 3 rings (SSSR count). The van der Waals surface area contributed by atoms with E-state index in [1.807, 2.05) is 31.7 Å². The van der Waals surface area contributed by atoms with Crippen LogP contribution in [0.2, 0.25) is 5.02 Å². The minimum atomic E-state index is -3.75. The lowest BCUT2D eigenvalue weighted by Gasteiger charge is -2.37. The first-order valence-corrected chi connectivity index (χ1v) is 11.9. The zero-order valence-electron chi connectivity index (χ0n) is 17.6. The van der Waals surface area contributed by atoms with Crippen molar-refractivity contribution < 1.29 is 13.2 Å². The fraction of sp³-hybridized carbons (Fsp3) is 0.409. The molecule has 0 radical (unpaired) electrons. The summed E-state index contributed by atoms with van der Waals surface area (Å²) >= 11 is 6.16. The van der Waals surface area contributed by atoms with Gasteiger partial charge in [0.15, 0.2) is 0 Å². The van der Waals surface area contributed by atoms with Crippen LogP contribution < -0.4 is 9.62 Å². The Morgan fingerprint density at radius 2 is 1.70 bits per heavy atom. The number of amides is 1. The van der Waals surface area contributed by atoms with Crippen LogP contribution in [0.5, 0.6) is 0 Å². The van der Waals surface area contributed by atoms with Crippen LogP contribution in [0.1, 0.15) is 25.8 Å². The zero-order chi connectivity index (χ0) is 21.9. The first-order valence-electron chi connectivity index (χ1n) is 10.1. The van der Waals surface area contributed by atoms with Crippen LogP contribution in [0, 0.1) is 12.8 Å². The van der Waals surface area contributed by atoms with E-state index in [2.05, 4.69) is 9.62 Å². The molecule has 0 aromatic heterocycles. The first kappa shape index (κ1) is 22.4. The standard InChI is InChI=1S/C22H28ClN3O3S/c1-16(2)14-22(27)26-12-10-25(11-13-26)21-9-6-18(23)15-20(21)24-30(28,29)19-7-4-17(3)5-8-19/h4-9,15-16,24H,10-14H2,1-3H3. The molecule has 1 N–H and O–H groups in total. The largest absolute Gasteiger partial charge is 0.366 e. The molecule has 0 saturated carbocycles. The molecule has 0 spiro atoms. The molecule has 1 aliphatic rings. The maximum atomic E-state index is 12.9. The van der Waals surface area contributed by atoms with Crippen LogP contribution in [0.4, 0.5) is 11.4 Å². The summed E-state index contributed by atoms with van der Waals surface area (Å²) in [6.07, 6.45) is 0.544. The first-order chi connectivity index (χ1) is 14.2. The maximum absolute atomic E-state index is 12.9. The maximum Gasteiger partial charge on any atom is 0.261 e. The molecule has 1 aliphatic heterocycles. The van der Waals surface area contributed by atoms with Gasteiger partial charge in [0.25, 0.3) is 10.0 Å². The van der Waals surface area contributed by atoms with E-state index < -0.39 is 10.0 Å². The second-order valence-corrected chi connectivity index (χ2v) is 10.2. The third kappa shape index (κ3) is 5.46. The number of anilines is 2. The van der Waals surface area contributed by atoms with Gasteiger partial charge in [0.1, 0.15) is 0 Å². The van der Waals surface area contributed by atoms with Gasteiger partial charge in [0.2, 0.25) is 5.91 Å². The van der Waals surface area contributed by atoms with Crippen LogP contribution in [-0.4, -0.2) is 45.4 Å². The monoisotopic (exact) mass is 449 g/mol. The van der Waals surface area contributed by atoms with Crippen molar-refractivity contribution in [3.05, 3.63) is 53.1 Å². The van der Waals surface area contributed by atoms with Gasteiger partial charge in [-0.25, -0.2) is 8.42 Å². The lowest BCUT2D eigenvalue weighted by atomic mass is 10.1. The minimum absolute atomic E-state index is 0.168.